The van der Waals surface area contributed by atoms with Crippen LogP contribution in [0.25, 0.3) is 0 Å². The average Bonchev–Trinajstić information content (AvgIpc) is 3.59. The quantitative estimate of drug-likeness (QED) is 0.262. The highest BCUT2D eigenvalue weighted by Gasteiger charge is 2.46. The molecule has 9 saturated carbocycles. The third-order valence-corrected chi connectivity index (χ3v) is 15.0. The van der Waals surface area contributed by atoms with Crippen molar-refractivity contribution >= 4 is 0 Å². The molecule has 0 radical (unpaired) electrons. The molecule has 43 heavy (non-hydrogen) atoms. The first-order valence-electron chi connectivity index (χ1n) is 20.7. The van der Waals surface area contributed by atoms with E-state index in [-0.39, 0.29) is 0 Å². The minimum Gasteiger partial charge on any atom is -0.0625 e. The second-order valence-electron chi connectivity index (χ2n) is 19.2. The van der Waals surface area contributed by atoms with Gasteiger partial charge in [0.1, 0.15) is 0 Å². The van der Waals surface area contributed by atoms with Crippen molar-refractivity contribution in [2.24, 2.45) is 64.1 Å². The fourth-order valence-electron chi connectivity index (χ4n) is 12.0. The molecule has 0 aromatic carbocycles. The van der Waals surface area contributed by atoms with Crippen molar-refractivity contribution < 1.29 is 0 Å². The van der Waals surface area contributed by atoms with Gasteiger partial charge in [-0.05, 0) is 135 Å². The molecule has 0 aliphatic heterocycles. The summed E-state index contributed by atoms with van der Waals surface area (Å²) < 4.78 is 0. The lowest BCUT2D eigenvalue weighted by atomic mass is 9.52. The Morgan fingerprint density at radius 1 is 0.302 bits per heavy atom. The van der Waals surface area contributed by atoms with Crippen molar-refractivity contribution in [1.82, 2.24) is 0 Å². The van der Waals surface area contributed by atoms with Gasteiger partial charge in [-0.1, -0.05) is 137 Å². The van der Waals surface area contributed by atoms with Crippen LogP contribution in [-0.2, 0) is 0 Å². The van der Waals surface area contributed by atoms with Crippen LogP contribution in [0, 0.1) is 64.1 Å². The van der Waals surface area contributed by atoms with E-state index in [0.717, 1.165) is 64.1 Å². The Balaban J connectivity index is 0.000000109. The predicted octanol–water partition coefficient (Wildman–Crippen LogP) is 14.2. The molecule has 0 aromatic rings. The van der Waals surface area contributed by atoms with Gasteiger partial charge >= 0.3 is 0 Å². The Labute approximate surface area is 271 Å². The van der Waals surface area contributed by atoms with Crippen LogP contribution in [0.3, 0.4) is 0 Å². The van der Waals surface area contributed by atoms with Crippen LogP contribution in [0.2, 0.25) is 0 Å². The molecule has 2 spiro atoms. The standard InChI is InChI=1S/C11H20.C10H18.C9H16.C8H14.C5H10/c1-9-4-2-5-10-6-3-7-11(10)8-9;1-9-4-2-5-10(8-9)6-3-7-10;1-7-5-8-3-2-4-9(8)6-7;1-7-5-8(6-7)3-2-4-8;1-5-3-2-4-5/h9-11H,2-8H2,1H3;9H,2-8H2,1H3;7-9H,2-6H2,1H3;7H,2-6H2,1H3;5H,2-4H2,1H3. The highest BCUT2D eigenvalue weighted by atomic mass is 14.5. The lowest BCUT2D eigenvalue weighted by molar-refractivity contribution is -0.0161. The van der Waals surface area contributed by atoms with Crippen LogP contribution in [0.4, 0.5) is 0 Å². The van der Waals surface area contributed by atoms with Gasteiger partial charge in [0.25, 0.3) is 0 Å². The second kappa shape index (κ2) is 16.2. The molecule has 0 bridgehead atoms. The van der Waals surface area contributed by atoms with Gasteiger partial charge in [0.05, 0.1) is 0 Å². The number of hydrogen-bond donors (Lipinski definition) is 0. The van der Waals surface area contributed by atoms with Gasteiger partial charge in [0, 0.05) is 0 Å². The second-order valence-corrected chi connectivity index (χ2v) is 19.2. The van der Waals surface area contributed by atoms with Crippen LogP contribution < -0.4 is 0 Å². The SMILES string of the molecule is CC1CC2(CCC2)C1.CC1CC2CCCC2C1.CC1CCC1.CC1CCCC2(CCC2)C1.CC1CCCC2CCCC2C1. The van der Waals surface area contributed by atoms with Gasteiger partial charge in [0.15, 0.2) is 0 Å². The first-order chi connectivity index (χ1) is 20.7. The van der Waals surface area contributed by atoms with Crippen LogP contribution in [0.5, 0.6) is 0 Å². The first kappa shape index (κ1) is 34.3. The summed E-state index contributed by atoms with van der Waals surface area (Å²) in [7, 11) is 0. The summed E-state index contributed by atoms with van der Waals surface area (Å²) in [5.74, 6) is 9.83. The molecule has 0 saturated heterocycles. The Morgan fingerprint density at radius 3 is 1.07 bits per heavy atom. The zero-order chi connectivity index (χ0) is 30.3. The minimum absolute atomic E-state index is 0.873. The van der Waals surface area contributed by atoms with E-state index in [1.165, 1.54) is 70.6 Å². The molecule has 6 atom stereocenters. The molecule has 9 aliphatic rings. The highest BCUT2D eigenvalue weighted by Crippen LogP contribution is 2.58. The van der Waals surface area contributed by atoms with Gasteiger partial charge in [0.2, 0.25) is 0 Å². The third-order valence-electron chi connectivity index (χ3n) is 15.0. The summed E-state index contributed by atoms with van der Waals surface area (Å²) in [6.45, 7) is 12.0. The maximum Gasteiger partial charge on any atom is -0.0292 e. The molecule has 9 aliphatic carbocycles. The van der Waals surface area contributed by atoms with E-state index in [4.69, 9.17) is 0 Å². The molecule has 0 heteroatoms. The lowest BCUT2D eigenvalue weighted by Gasteiger charge is -2.53. The zero-order valence-electron chi connectivity index (χ0n) is 30.3. The highest BCUT2D eigenvalue weighted by molar-refractivity contribution is 4.97. The molecular formula is C43H78. The van der Waals surface area contributed by atoms with Crippen LogP contribution in [-0.4, -0.2) is 0 Å². The third kappa shape index (κ3) is 9.99. The van der Waals surface area contributed by atoms with Crippen molar-refractivity contribution in [3.8, 4) is 0 Å². The topological polar surface area (TPSA) is 0 Å². The van der Waals surface area contributed by atoms with E-state index < -0.39 is 0 Å². The van der Waals surface area contributed by atoms with Crippen molar-refractivity contribution in [1.29, 1.82) is 0 Å². The molecule has 6 unspecified atom stereocenters. The number of fused-ring (bicyclic) bond motifs is 2. The molecule has 0 aromatic heterocycles. The van der Waals surface area contributed by atoms with E-state index in [1.54, 1.807) is 103 Å². The summed E-state index contributed by atoms with van der Waals surface area (Å²) in [5.41, 5.74) is 1.79. The fraction of sp³-hybridized carbons (Fsp3) is 1.00. The largest absolute Gasteiger partial charge is 0.0625 e. The summed E-state index contributed by atoms with van der Waals surface area (Å²) >= 11 is 0. The molecule has 9 fully saturated rings. The Hall–Kier alpha value is 0. The van der Waals surface area contributed by atoms with Crippen molar-refractivity contribution in [3.05, 3.63) is 0 Å². The number of rotatable bonds is 0. The lowest BCUT2D eigenvalue weighted by Crippen LogP contribution is -2.41. The average molecular weight is 595 g/mol. The van der Waals surface area contributed by atoms with Crippen molar-refractivity contribution in [2.45, 2.75) is 208 Å². The van der Waals surface area contributed by atoms with E-state index in [0.29, 0.717) is 0 Å². The summed E-state index contributed by atoms with van der Waals surface area (Å²) in [4.78, 5) is 0. The van der Waals surface area contributed by atoms with E-state index in [1.807, 2.05) is 0 Å². The van der Waals surface area contributed by atoms with Gasteiger partial charge in [-0.3, -0.25) is 0 Å². The molecular weight excluding hydrogens is 516 g/mol. The van der Waals surface area contributed by atoms with Crippen LogP contribution >= 0.6 is 0 Å². The van der Waals surface area contributed by atoms with Crippen LogP contribution in [0.1, 0.15) is 208 Å². The fourth-order valence-corrected chi connectivity index (χ4v) is 12.0. The van der Waals surface area contributed by atoms with E-state index >= 15 is 0 Å². The van der Waals surface area contributed by atoms with Gasteiger partial charge in [-0.2, -0.15) is 0 Å². The van der Waals surface area contributed by atoms with Crippen LogP contribution in [0.15, 0.2) is 0 Å². The summed E-state index contributed by atoms with van der Waals surface area (Å²) in [5, 5.41) is 0. The smallest absolute Gasteiger partial charge is 0.0292 e. The van der Waals surface area contributed by atoms with Crippen molar-refractivity contribution in [3.63, 3.8) is 0 Å². The molecule has 0 amide bonds. The maximum absolute atomic E-state index is 2.45. The molecule has 9 rings (SSSR count). The zero-order valence-corrected chi connectivity index (χ0v) is 30.3. The summed E-state index contributed by atoms with van der Waals surface area (Å²) in [6, 6.07) is 0. The molecule has 0 nitrogen and oxygen atoms in total. The molecule has 0 heterocycles. The normalized spacial score (nSPS) is 40.0. The van der Waals surface area contributed by atoms with E-state index in [9.17, 15) is 0 Å². The predicted molar refractivity (Wildman–Crippen MR) is 189 cm³/mol. The van der Waals surface area contributed by atoms with Gasteiger partial charge in [-0.25, -0.2) is 0 Å². The first-order valence-corrected chi connectivity index (χ1v) is 20.7. The molecule has 0 N–H and O–H groups in total. The van der Waals surface area contributed by atoms with Gasteiger partial charge in [-0.15, -0.1) is 0 Å². The maximum atomic E-state index is 2.45. The Morgan fingerprint density at radius 2 is 0.674 bits per heavy atom. The van der Waals surface area contributed by atoms with E-state index in [2.05, 4.69) is 34.6 Å². The Bertz CT molecular complexity index is 762. The minimum atomic E-state index is 0.873. The molecule has 250 valence electrons. The monoisotopic (exact) mass is 595 g/mol. The van der Waals surface area contributed by atoms with Gasteiger partial charge < -0.3 is 0 Å². The summed E-state index contributed by atoms with van der Waals surface area (Å²) in [6.07, 6.45) is 41.4. The van der Waals surface area contributed by atoms with Crippen molar-refractivity contribution in [2.75, 3.05) is 0 Å². The Kier molecular flexibility index (Phi) is 12.9. The number of hydrogen-bond acceptors (Lipinski definition) is 0.